The van der Waals surface area contributed by atoms with Crippen molar-refractivity contribution in [3.05, 3.63) is 47.5 Å². The molecule has 66 valence electrons. The molecule has 0 heterocycles. The van der Waals surface area contributed by atoms with Crippen molar-refractivity contribution >= 4 is 5.78 Å². The van der Waals surface area contributed by atoms with Crippen LogP contribution in [0.15, 0.2) is 36.4 Å². The van der Waals surface area contributed by atoms with E-state index in [0.717, 1.165) is 18.4 Å². The number of carbonyl (C=O) groups excluding carboxylic acids is 1. The van der Waals surface area contributed by atoms with Crippen LogP contribution < -0.4 is 0 Å². The second-order valence-electron chi connectivity index (χ2n) is 3.47. The molecule has 1 aliphatic rings. The molecule has 0 saturated heterocycles. The Balaban J connectivity index is 2.40. The highest BCUT2D eigenvalue weighted by Gasteiger charge is 2.15. The van der Waals surface area contributed by atoms with Crippen LogP contribution in [0, 0.1) is 0 Å². The highest BCUT2D eigenvalue weighted by atomic mass is 16.1. The van der Waals surface area contributed by atoms with Crippen molar-refractivity contribution < 1.29 is 4.79 Å². The largest absolute Gasteiger partial charge is 0.294 e. The van der Waals surface area contributed by atoms with E-state index in [0.29, 0.717) is 6.42 Å². The molecule has 0 aliphatic heterocycles. The van der Waals surface area contributed by atoms with E-state index in [1.807, 2.05) is 18.2 Å². The Morgan fingerprint density at radius 2 is 1.77 bits per heavy atom. The van der Waals surface area contributed by atoms with E-state index in [9.17, 15) is 4.79 Å². The van der Waals surface area contributed by atoms with Crippen molar-refractivity contribution in [2.24, 2.45) is 0 Å². The molecule has 0 spiro atoms. The fourth-order valence-electron chi connectivity index (χ4n) is 1.70. The number of benzene rings is 1. The summed E-state index contributed by atoms with van der Waals surface area (Å²) in [6, 6.07) is 8.14. The first-order valence-electron chi connectivity index (χ1n) is 4.55. The van der Waals surface area contributed by atoms with Crippen LogP contribution in [0.3, 0.4) is 0 Å². The summed E-state index contributed by atoms with van der Waals surface area (Å²) >= 11 is 0. The molecule has 0 unspecified atom stereocenters. The summed E-state index contributed by atoms with van der Waals surface area (Å²) in [6.45, 7) is 3.79. The van der Waals surface area contributed by atoms with Gasteiger partial charge >= 0.3 is 0 Å². The average Bonchev–Trinajstić information content (AvgIpc) is 2.28. The molecule has 0 N–H and O–H groups in total. The molecule has 0 saturated carbocycles. The van der Waals surface area contributed by atoms with Gasteiger partial charge in [-0.05, 0) is 29.5 Å². The van der Waals surface area contributed by atoms with Crippen molar-refractivity contribution in [1.82, 2.24) is 0 Å². The molecule has 2 rings (SSSR count). The Hall–Kier alpha value is -1.37. The minimum Gasteiger partial charge on any atom is -0.294 e. The lowest BCUT2D eigenvalue weighted by atomic mass is 10.0. The van der Waals surface area contributed by atoms with Crippen molar-refractivity contribution in [1.29, 1.82) is 0 Å². The van der Waals surface area contributed by atoms with Crippen LogP contribution in [0.25, 0.3) is 0 Å². The molecule has 0 fully saturated rings. The zero-order valence-corrected chi connectivity index (χ0v) is 7.55. The van der Waals surface area contributed by atoms with Gasteiger partial charge in [0.2, 0.25) is 0 Å². The lowest BCUT2D eigenvalue weighted by molar-refractivity contribution is -0.115. The summed E-state index contributed by atoms with van der Waals surface area (Å²) in [5, 5.41) is 0. The number of rotatable bonds is 0. The van der Waals surface area contributed by atoms with Crippen molar-refractivity contribution in [2.75, 3.05) is 0 Å². The number of carbonyl (C=O) groups is 1. The first-order chi connectivity index (χ1) is 6.27. The van der Waals surface area contributed by atoms with Gasteiger partial charge in [-0.2, -0.15) is 0 Å². The smallest absolute Gasteiger partial charge is 0.162 e. The standard InChI is InChI=1S/C12H12O/c1-9-6-7-10-4-2-3-5-11(10)8-12(9)13/h2-5H,1,6-8H2. The molecule has 0 bridgehead atoms. The summed E-state index contributed by atoms with van der Waals surface area (Å²) in [5.74, 6) is 0.199. The fraction of sp³-hybridized carbons (Fsp3) is 0.250. The molecular weight excluding hydrogens is 160 g/mol. The Kier molecular flexibility index (Phi) is 2.01. The summed E-state index contributed by atoms with van der Waals surface area (Å²) in [6.07, 6.45) is 2.31. The van der Waals surface area contributed by atoms with E-state index in [-0.39, 0.29) is 5.78 Å². The molecule has 1 heteroatoms. The fourth-order valence-corrected chi connectivity index (χ4v) is 1.70. The monoisotopic (exact) mass is 172 g/mol. The van der Waals surface area contributed by atoms with E-state index in [1.165, 1.54) is 11.1 Å². The Labute approximate surface area is 78.1 Å². The maximum atomic E-state index is 11.5. The number of Topliss-reactive ketones (excluding diaryl/α,β-unsaturated/α-hetero) is 1. The molecule has 0 amide bonds. The minimum atomic E-state index is 0.199. The van der Waals surface area contributed by atoms with Crippen LogP contribution in [-0.2, 0) is 17.6 Å². The lowest BCUT2D eigenvalue weighted by Gasteiger charge is -2.01. The van der Waals surface area contributed by atoms with E-state index in [1.54, 1.807) is 0 Å². The molecule has 1 aromatic rings. The van der Waals surface area contributed by atoms with Gasteiger partial charge in [0.25, 0.3) is 0 Å². The average molecular weight is 172 g/mol. The van der Waals surface area contributed by atoms with E-state index >= 15 is 0 Å². The van der Waals surface area contributed by atoms with E-state index in [2.05, 4.69) is 12.6 Å². The third-order valence-electron chi connectivity index (χ3n) is 2.56. The summed E-state index contributed by atoms with van der Waals surface area (Å²) in [7, 11) is 0. The van der Waals surface area contributed by atoms with E-state index < -0.39 is 0 Å². The second-order valence-corrected chi connectivity index (χ2v) is 3.47. The molecule has 1 aromatic carbocycles. The number of fused-ring (bicyclic) bond motifs is 1. The number of allylic oxidation sites excluding steroid dienone is 1. The van der Waals surface area contributed by atoms with Gasteiger partial charge in [0, 0.05) is 6.42 Å². The maximum absolute atomic E-state index is 11.5. The quantitative estimate of drug-likeness (QED) is 0.433. The molecule has 1 nitrogen and oxygen atoms in total. The Morgan fingerprint density at radius 3 is 2.54 bits per heavy atom. The van der Waals surface area contributed by atoms with Gasteiger partial charge in [0.1, 0.15) is 0 Å². The Bertz CT molecular complexity index is 363. The van der Waals surface area contributed by atoms with Gasteiger partial charge in [0.15, 0.2) is 5.78 Å². The minimum absolute atomic E-state index is 0.199. The SMILES string of the molecule is C=C1CCc2ccccc2CC1=O. The first-order valence-corrected chi connectivity index (χ1v) is 4.55. The van der Waals surface area contributed by atoms with Crippen molar-refractivity contribution in [3.63, 3.8) is 0 Å². The highest BCUT2D eigenvalue weighted by Crippen LogP contribution is 2.20. The van der Waals surface area contributed by atoms with Crippen LogP contribution in [0.4, 0.5) is 0 Å². The maximum Gasteiger partial charge on any atom is 0.162 e. The summed E-state index contributed by atoms with van der Waals surface area (Å²) < 4.78 is 0. The molecule has 1 aliphatic carbocycles. The molecule has 0 radical (unpaired) electrons. The van der Waals surface area contributed by atoms with Gasteiger partial charge < -0.3 is 0 Å². The van der Waals surface area contributed by atoms with Crippen molar-refractivity contribution in [3.8, 4) is 0 Å². The van der Waals surface area contributed by atoms with Crippen LogP contribution in [-0.4, -0.2) is 5.78 Å². The zero-order valence-electron chi connectivity index (χ0n) is 7.55. The summed E-state index contributed by atoms with van der Waals surface area (Å²) in [5.41, 5.74) is 3.25. The third kappa shape index (κ3) is 1.55. The second kappa shape index (κ2) is 3.17. The van der Waals surface area contributed by atoms with Crippen molar-refractivity contribution in [2.45, 2.75) is 19.3 Å². The Morgan fingerprint density at radius 1 is 1.08 bits per heavy atom. The predicted octanol–water partition coefficient (Wildman–Crippen LogP) is 2.30. The molecular formula is C12H12O. The topological polar surface area (TPSA) is 17.1 Å². The summed E-state index contributed by atoms with van der Waals surface area (Å²) in [4.78, 5) is 11.5. The predicted molar refractivity (Wildman–Crippen MR) is 52.6 cm³/mol. The van der Waals surface area contributed by atoms with Crippen LogP contribution in [0.2, 0.25) is 0 Å². The van der Waals surface area contributed by atoms with Crippen LogP contribution in [0.1, 0.15) is 17.5 Å². The van der Waals surface area contributed by atoms with Gasteiger partial charge in [0.05, 0.1) is 0 Å². The third-order valence-corrected chi connectivity index (χ3v) is 2.56. The number of hydrogen-bond acceptors (Lipinski definition) is 1. The number of hydrogen-bond donors (Lipinski definition) is 0. The normalized spacial score (nSPS) is 16.6. The molecule has 0 atom stereocenters. The first kappa shape index (κ1) is 8.24. The van der Waals surface area contributed by atoms with Crippen LogP contribution >= 0.6 is 0 Å². The van der Waals surface area contributed by atoms with E-state index in [4.69, 9.17) is 0 Å². The molecule has 0 aromatic heterocycles. The van der Waals surface area contributed by atoms with Gasteiger partial charge in [-0.15, -0.1) is 0 Å². The number of aryl methyl sites for hydroxylation is 1. The number of ketones is 1. The van der Waals surface area contributed by atoms with Gasteiger partial charge in [-0.25, -0.2) is 0 Å². The lowest BCUT2D eigenvalue weighted by Crippen LogP contribution is -2.02. The van der Waals surface area contributed by atoms with Gasteiger partial charge in [-0.1, -0.05) is 30.8 Å². The van der Waals surface area contributed by atoms with Gasteiger partial charge in [-0.3, -0.25) is 4.79 Å². The zero-order chi connectivity index (χ0) is 9.26. The highest BCUT2D eigenvalue weighted by molar-refractivity contribution is 5.96. The van der Waals surface area contributed by atoms with Crippen LogP contribution in [0.5, 0.6) is 0 Å². The molecule has 13 heavy (non-hydrogen) atoms.